The molecule has 3 aromatic rings. The topological polar surface area (TPSA) is 92.1 Å². The fourth-order valence-electron chi connectivity index (χ4n) is 3.92. The predicted octanol–water partition coefficient (Wildman–Crippen LogP) is 6.51. The van der Waals surface area contributed by atoms with Crippen LogP contribution in [0.25, 0.3) is 11.3 Å². The van der Waals surface area contributed by atoms with Crippen LogP contribution in [-0.4, -0.2) is 29.2 Å². The molecule has 0 spiro atoms. The van der Waals surface area contributed by atoms with Crippen molar-refractivity contribution in [2.24, 2.45) is 0 Å². The van der Waals surface area contributed by atoms with Gasteiger partial charge in [-0.05, 0) is 62.4 Å². The van der Waals surface area contributed by atoms with Crippen LogP contribution < -0.4 is 5.32 Å². The van der Waals surface area contributed by atoms with Crippen LogP contribution in [-0.2, 0) is 22.4 Å². The maximum atomic E-state index is 12.8. The van der Waals surface area contributed by atoms with Gasteiger partial charge in [-0.1, -0.05) is 23.7 Å². The number of rotatable bonds is 8. The molecule has 0 aliphatic heterocycles. The summed E-state index contributed by atoms with van der Waals surface area (Å²) >= 11 is 8.81. The van der Waals surface area contributed by atoms with Crippen molar-refractivity contribution in [3.63, 3.8) is 0 Å². The summed E-state index contributed by atoms with van der Waals surface area (Å²) in [6.45, 7) is 2.06. The Morgan fingerprint density at radius 2 is 1.97 bits per heavy atom. The molecule has 180 valence electrons. The Bertz CT molecular complexity index is 1280. The third-order valence-corrected chi connectivity index (χ3v) is 8.04. The summed E-state index contributed by atoms with van der Waals surface area (Å²) in [7, 11) is 0. The van der Waals surface area contributed by atoms with Gasteiger partial charge in [-0.2, -0.15) is 5.26 Å². The van der Waals surface area contributed by atoms with E-state index in [1.54, 1.807) is 31.2 Å². The van der Waals surface area contributed by atoms with Gasteiger partial charge in [0.2, 0.25) is 5.91 Å². The molecule has 0 fully saturated rings. The van der Waals surface area contributed by atoms with Gasteiger partial charge in [-0.3, -0.25) is 4.79 Å². The number of carbonyl (C=O) groups is 2. The van der Waals surface area contributed by atoms with Crippen LogP contribution in [0.15, 0.2) is 41.4 Å². The number of aromatic nitrogens is 1. The van der Waals surface area contributed by atoms with E-state index in [2.05, 4.69) is 16.4 Å². The van der Waals surface area contributed by atoms with Gasteiger partial charge in [0.25, 0.3) is 0 Å². The fourth-order valence-corrected chi connectivity index (χ4v) is 6.25. The highest BCUT2D eigenvalue weighted by Gasteiger charge is 2.27. The van der Waals surface area contributed by atoms with E-state index in [9.17, 15) is 14.9 Å². The van der Waals surface area contributed by atoms with E-state index in [1.165, 1.54) is 23.1 Å². The molecule has 9 heteroatoms. The minimum Gasteiger partial charge on any atom is -0.462 e. The molecule has 0 unspecified atom stereocenters. The van der Waals surface area contributed by atoms with Gasteiger partial charge in [0.15, 0.2) is 0 Å². The summed E-state index contributed by atoms with van der Waals surface area (Å²) < 4.78 is 5.26. The Balaban J connectivity index is 1.43. The average molecular weight is 526 g/mol. The molecule has 2 aromatic heterocycles. The van der Waals surface area contributed by atoms with E-state index in [-0.39, 0.29) is 24.9 Å². The molecule has 1 aliphatic rings. The zero-order valence-corrected chi connectivity index (χ0v) is 21.6. The third kappa shape index (κ3) is 6.04. The van der Waals surface area contributed by atoms with Crippen molar-refractivity contribution in [2.45, 2.75) is 44.1 Å². The van der Waals surface area contributed by atoms with E-state index in [1.807, 2.05) is 12.1 Å². The number of carbonyl (C=O) groups excluding carboxylic acids is 2. The summed E-state index contributed by atoms with van der Waals surface area (Å²) in [5, 5.41) is 14.2. The van der Waals surface area contributed by atoms with Gasteiger partial charge in [-0.15, -0.1) is 23.1 Å². The number of fused-ring (bicyclic) bond motifs is 1. The highest BCUT2D eigenvalue weighted by Crippen LogP contribution is 2.38. The first-order chi connectivity index (χ1) is 17.0. The zero-order chi connectivity index (χ0) is 24.8. The number of amides is 1. The van der Waals surface area contributed by atoms with Crippen molar-refractivity contribution in [3.05, 3.63) is 63.0 Å². The van der Waals surface area contributed by atoms with Crippen LogP contribution in [0.5, 0.6) is 0 Å². The number of nitrogens with zero attached hydrogens (tertiary/aromatic N) is 2. The number of benzene rings is 1. The molecular weight excluding hydrogens is 502 g/mol. The number of pyridine rings is 1. The molecule has 1 amide bonds. The molecule has 6 nitrogen and oxygen atoms in total. The molecule has 0 saturated heterocycles. The zero-order valence-electron chi connectivity index (χ0n) is 19.2. The first-order valence-electron chi connectivity index (χ1n) is 11.4. The number of aryl methyl sites for hydroxylation is 1. The molecule has 0 saturated carbocycles. The van der Waals surface area contributed by atoms with Gasteiger partial charge < -0.3 is 10.1 Å². The molecule has 1 N–H and O–H groups in total. The smallest absolute Gasteiger partial charge is 0.341 e. The van der Waals surface area contributed by atoms with Crippen molar-refractivity contribution in [3.8, 4) is 17.3 Å². The number of nitrogens with one attached hydrogen (secondary N) is 1. The van der Waals surface area contributed by atoms with E-state index in [0.29, 0.717) is 31.9 Å². The molecule has 0 atom stereocenters. The highest BCUT2D eigenvalue weighted by molar-refractivity contribution is 7.99. The number of halogens is 1. The molecule has 1 aromatic carbocycles. The average Bonchev–Trinajstić information content (AvgIpc) is 3.22. The molecule has 0 bridgehead atoms. The van der Waals surface area contributed by atoms with Crippen molar-refractivity contribution >= 4 is 51.6 Å². The standard InChI is InChI=1S/C26H24ClN3O3S2/c1-2-33-26(32)23-19-5-3-4-6-21(19)35-25(23)30-22(31)13-14-34-24-17(15-28)9-12-20(29-24)16-7-10-18(27)11-8-16/h7-12H,2-6,13-14H2,1H3,(H,30,31). The molecule has 4 rings (SSSR count). The lowest BCUT2D eigenvalue weighted by Gasteiger charge is -2.12. The van der Waals surface area contributed by atoms with Crippen LogP contribution in [0.2, 0.25) is 5.02 Å². The minimum absolute atomic E-state index is 0.186. The van der Waals surface area contributed by atoms with E-state index in [4.69, 9.17) is 16.3 Å². The van der Waals surface area contributed by atoms with Crippen LogP contribution in [0.3, 0.4) is 0 Å². The van der Waals surface area contributed by atoms with Crippen LogP contribution in [0, 0.1) is 11.3 Å². The van der Waals surface area contributed by atoms with Gasteiger partial charge in [0.05, 0.1) is 23.4 Å². The predicted molar refractivity (Wildman–Crippen MR) is 140 cm³/mol. The SMILES string of the molecule is CCOC(=O)c1c(NC(=O)CCSc2nc(-c3ccc(Cl)cc3)ccc2C#N)sc2c1CCCC2. The summed E-state index contributed by atoms with van der Waals surface area (Å²) in [5.41, 5.74) is 3.62. The van der Waals surface area contributed by atoms with Gasteiger partial charge >= 0.3 is 5.97 Å². The first kappa shape index (κ1) is 25.2. The van der Waals surface area contributed by atoms with Crippen LogP contribution in [0.1, 0.15) is 52.5 Å². The fraction of sp³-hybridized carbons (Fsp3) is 0.308. The lowest BCUT2D eigenvalue weighted by Crippen LogP contribution is -2.16. The Labute approximate surface area is 217 Å². The van der Waals surface area contributed by atoms with Crippen molar-refractivity contribution in [1.29, 1.82) is 5.26 Å². The van der Waals surface area contributed by atoms with Gasteiger partial charge in [0, 0.05) is 27.6 Å². The van der Waals surface area contributed by atoms with E-state index in [0.717, 1.165) is 47.4 Å². The number of ether oxygens (including phenoxy) is 1. The van der Waals surface area contributed by atoms with Gasteiger partial charge in [0.1, 0.15) is 16.1 Å². The molecular formula is C26H24ClN3O3S2. The molecule has 1 aliphatic carbocycles. The number of anilines is 1. The number of esters is 1. The summed E-state index contributed by atoms with van der Waals surface area (Å²) in [6.07, 6.45) is 4.09. The monoisotopic (exact) mass is 525 g/mol. The van der Waals surface area contributed by atoms with Gasteiger partial charge in [-0.25, -0.2) is 9.78 Å². The lowest BCUT2D eigenvalue weighted by atomic mass is 9.95. The van der Waals surface area contributed by atoms with E-state index >= 15 is 0 Å². The second-order valence-electron chi connectivity index (χ2n) is 7.95. The number of nitriles is 1. The van der Waals surface area contributed by atoms with Crippen LogP contribution >= 0.6 is 34.7 Å². The van der Waals surface area contributed by atoms with Crippen molar-refractivity contribution in [1.82, 2.24) is 4.98 Å². The number of hydrogen-bond acceptors (Lipinski definition) is 7. The van der Waals surface area contributed by atoms with Crippen molar-refractivity contribution in [2.75, 3.05) is 17.7 Å². The largest absolute Gasteiger partial charge is 0.462 e. The molecule has 2 heterocycles. The summed E-state index contributed by atoms with van der Waals surface area (Å²) in [6, 6.07) is 13.0. The summed E-state index contributed by atoms with van der Waals surface area (Å²) in [4.78, 5) is 31.1. The molecule has 0 radical (unpaired) electrons. The minimum atomic E-state index is -0.376. The van der Waals surface area contributed by atoms with E-state index < -0.39 is 0 Å². The quantitative estimate of drug-likeness (QED) is 0.266. The Kier molecular flexibility index (Phi) is 8.45. The Morgan fingerprint density at radius 3 is 2.71 bits per heavy atom. The number of hydrogen-bond donors (Lipinski definition) is 1. The second kappa shape index (κ2) is 11.7. The number of thiophene rings is 1. The second-order valence-corrected chi connectivity index (χ2v) is 10.6. The number of thioether (sulfide) groups is 1. The van der Waals surface area contributed by atoms with Crippen LogP contribution in [0.4, 0.5) is 5.00 Å². The third-order valence-electron chi connectivity index (χ3n) is 5.59. The van der Waals surface area contributed by atoms with Crippen molar-refractivity contribution < 1.29 is 14.3 Å². The summed E-state index contributed by atoms with van der Waals surface area (Å²) in [5.74, 6) is -0.121. The first-order valence-corrected chi connectivity index (χ1v) is 13.6. The Hall–Kier alpha value is -2.86. The Morgan fingerprint density at radius 1 is 1.20 bits per heavy atom. The maximum Gasteiger partial charge on any atom is 0.341 e. The molecule has 35 heavy (non-hydrogen) atoms. The normalized spacial score (nSPS) is 12.5. The lowest BCUT2D eigenvalue weighted by molar-refractivity contribution is -0.115. The maximum absolute atomic E-state index is 12.8. The highest BCUT2D eigenvalue weighted by atomic mass is 35.5.